The van der Waals surface area contributed by atoms with Gasteiger partial charge in [0.25, 0.3) is 0 Å². The predicted molar refractivity (Wildman–Crippen MR) is 60.4 cm³/mol. The average Bonchev–Trinajstić information content (AvgIpc) is 2.31. The van der Waals surface area contributed by atoms with Crippen LogP contribution in [0.15, 0.2) is 12.4 Å². The quantitative estimate of drug-likeness (QED) is 0.778. The highest BCUT2D eigenvalue weighted by Crippen LogP contribution is 2.28. The number of aromatic amines is 1. The van der Waals surface area contributed by atoms with E-state index in [1.807, 2.05) is 6.20 Å². The summed E-state index contributed by atoms with van der Waals surface area (Å²) in [7, 11) is 0. The van der Waals surface area contributed by atoms with Crippen LogP contribution in [0.2, 0.25) is 0 Å². The number of aromatic nitrogens is 2. The molecule has 0 aliphatic rings. The summed E-state index contributed by atoms with van der Waals surface area (Å²) in [5.74, 6) is 0.847. The van der Waals surface area contributed by atoms with Crippen LogP contribution in [-0.4, -0.2) is 15.5 Å². The van der Waals surface area contributed by atoms with Crippen LogP contribution >= 0.6 is 0 Å². The molecule has 0 saturated carbocycles. The summed E-state index contributed by atoms with van der Waals surface area (Å²) < 4.78 is 0. The van der Waals surface area contributed by atoms with Gasteiger partial charge in [-0.3, -0.25) is 0 Å². The molecule has 1 rings (SSSR count). The molecule has 14 heavy (non-hydrogen) atoms. The van der Waals surface area contributed by atoms with E-state index in [0.717, 1.165) is 12.4 Å². The third kappa shape index (κ3) is 3.81. The van der Waals surface area contributed by atoms with Gasteiger partial charge in [-0.05, 0) is 25.7 Å². The normalized spacial score (nSPS) is 12.9. The van der Waals surface area contributed by atoms with Crippen LogP contribution in [-0.2, 0) is 0 Å². The summed E-state index contributed by atoms with van der Waals surface area (Å²) in [5, 5.41) is 3.39. The van der Waals surface area contributed by atoms with Gasteiger partial charge in [0.05, 0.1) is 0 Å². The minimum atomic E-state index is 0.0656. The first-order valence-electron chi connectivity index (χ1n) is 5.06. The zero-order valence-corrected chi connectivity index (χ0v) is 9.81. The number of hydrogen-bond acceptors (Lipinski definition) is 2. The van der Waals surface area contributed by atoms with Crippen molar-refractivity contribution in [3.05, 3.63) is 12.4 Å². The van der Waals surface area contributed by atoms with Gasteiger partial charge in [0.2, 0.25) is 0 Å². The number of rotatable bonds is 3. The maximum absolute atomic E-state index is 4.16. The summed E-state index contributed by atoms with van der Waals surface area (Å²) in [4.78, 5) is 7.22. The molecule has 0 aliphatic heterocycles. The molecule has 0 atom stereocenters. The standard InChI is InChI=1S/C11H21N3/c1-10(2,3)8-11(4,5)14-9-12-6-7-13-9/h6-7H,8H2,1-5H3,(H2,12,13,14). The number of imidazole rings is 1. The molecular weight excluding hydrogens is 174 g/mol. The Morgan fingerprint density at radius 3 is 2.36 bits per heavy atom. The van der Waals surface area contributed by atoms with E-state index >= 15 is 0 Å². The molecule has 0 aliphatic carbocycles. The van der Waals surface area contributed by atoms with E-state index in [-0.39, 0.29) is 5.54 Å². The molecule has 0 unspecified atom stereocenters. The average molecular weight is 195 g/mol. The predicted octanol–water partition coefficient (Wildman–Crippen LogP) is 3.04. The first kappa shape index (κ1) is 11.1. The Kier molecular flexibility index (Phi) is 2.88. The number of anilines is 1. The molecule has 3 heteroatoms. The maximum Gasteiger partial charge on any atom is 0.200 e. The molecule has 1 aromatic rings. The highest BCUT2D eigenvalue weighted by molar-refractivity contribution is 5.27. The molecule has 1 aromatic heterocycles. The van der Waals surface area contributed by atoms with Gasteiger partial charge < -0.3 is 10.3 Å². The topological polar surface area (TPSA) is 40.7 Å². The van der Waals surface area contributed by atoms with Crippen LogP contribution in [0.5, 0.6) is 0 Å². The fourth-order valence-corrected chi connectivity index (χ4v) is 2.02. The Morgan fingerprint density at radius 2 is 1.93 bits per heavy atom. The molecule has 0 spiro atoms. The van der Waals surface area contributed by atoms with E-state index in [4.69, 9.17) is 0 Å². The van der Waals surface area contributed by atoms with Crippen molar-refractivity contribution < 1.29 is 0 Å². The van der Waals surface area contributed by atoms with Crippen LogP contribution in [0.25, 0.3) is 0 Å². The monoisotopic (exact) mass is 195 g/mol. The highest BCUT2D eigenvalue weighted by atomic mass is 15.1. The second-order valence-corrected chi connectivity index (χ2v) is 5.68. The lowest BCUT2D eigenvalue weighted by Gasteiger charge is -2.33. The number of nitrogens with one attached hydrogen (secondary N) is 2. The lowest BCUT2D eigenvalue weighted by molar-refractivity contribution is 0.301. The highest BCUT2D eigenvalue weighted by Gasteiger charge is 2.25. The molecule has 1 heterocycles. The second kappa shape index (κ2) is 3.64. The minimum Gasteiger partial charge on any atom is -0.351 e. The SMILES string of the molecule is CC(C)(C)CC(C)(C)Nc1ncc[nH]1. The molecule has 0 fully saturated rings. The van der Waals surface area contributed by atoms with Crippen molar-refractivity contribution >= 4 is 5.95 Å². The molecule has 0 radical (unpaired) electrons. The van der Waals surface area contributed by atoms with E-state index in [1.165, 1.54) is 0 Å². The van der Waals surface area contributed by atoms with E-state index in [2.05, 4.69) is 49.9 Å². The van der Waals surface area contributed by atoms with Gasteiger partial charge in [-0.2, -0.15) is 0 Å². The third-order valence-electron chi connectivity index (χ3n) is 1.93. The van der Waals surface area contributed by atoms with E-state index in [9.17, 15) is 0 Å². The largest absolute Gasteiger partial charge is 0.351 e. The van der Waals surface area contributed by atoms with Crippen LogP contribution in [0.3, 0.4) is 0 Å². The zero-order chi connectivity index (χ0) is 10.8. The molecule has 0 aromatic carbocycles. The number of hydrogen-bond donors (Lipinski definition) is 2. The minimum absolute atomic E-state index is 0.0656. The zero-order valence-electron chi connectivity index (χ0n) is 9.81. The summed E-state index contributed by atoms with van der Waals surface area (Å²) in [6, 6.07) is 0. The second-order valence-electron chi connectivity index (χ2n) is 5.68. The van der Waals surface area contributed by atoms with Crippen molar-refractivity contribution in [1.82, 2.24) is 9.97 Å². The lowest BCUT2D eigenvalue weighted by atomic mass is 9.82. The van der Waals surface area contributed by atoms with Gasteiger partial charge in [-0.25, -0.2) is 4.98 Å². The van der Waals surface area contributed by atoms with Gasteiger partial charge in [0, 0.05) is 17.9 Å². The Balaban J connectivity index is 2.58. The van der Waals surface area contributed by atoms with Gasteiger partial charge in [-0.1, -0.05) is 20.8 Å². The Labute approximate surface area is 86.3 Å². The lowest BCUT2D eigenvalue weighted by Crippen LogP contribution is -2.35. The van der Waals surface area contributed by atoms with E-state index in [1.54, 1.807) is 6.20 Å². The Morgan fingerprint density at radius 1 is 1.29 bits per heavy atom. The van der Waals surface area contributed by atoms with Crippen molar-refractivity contribution in [2.24, 2.45) is 5.41 Å². The van der Waals surface area contributed by atoms with Gasteiger partial charge >= 0.3 is 0 Å². The van der Waals surface area contributed by atoms with Gasteiger partial charge in [0.15, 0.2) is 5.95 Å². The molecule has 2 N–H and O–H groups in total. The fraction of sp³-hybridized carbons (Fsp3) is 0.727. The van der Waals surface area contributed by atoms with Crippen molar-refractivity contribution in [2.45, 2.75) is 46.6 Å². The van der Waals surface area contributed by atoms with Crippen LogP contribution in [0.4, 0.5) is 5.95 Å². The first-order chi connectivity index (χ1) is 6.29. The van der Waals surface area contributed by atoms with Crippen LogP contribution in [0.1, 0.15) is 41.0 Å². The molecule has 0 saturated heterocycles. The Hall–Kier alpha value is -0.990. The molecule has 0 bridgehead atoms. The summed E-state index contributed by atoms with van der Waals surface area (Å²) in [6.07, 6.45) is 4.69. The fourth-order valence-electron chi connectivity index (χ4n) is 2.02. The molecule has 0 amide bonds. The molecule has 3 nitrogen and oxygen atoms in total. The summed E-state index contributed by atoms with van der Waals surface area (Å²) in [5.41, 5.74) is 0.388. The van der Waals surface area contributed by atoms with Crippen LogP contribution in [0, 0.1) is 5.41 Å². The number of H-pyrrole nitrogens is 1. The smallest absolute Gasteiger partial charge is 0.200 e. The van der Waals surface area contributed by atoms with Gasteiger partial charge in [0.1, 0.15) is 0 Å². The van der Waals surface area contributed by atoms with Crippen molar-refractivity contribution in [1.29, 1.82) is 0 Å². The number of nitrogens with zero attached hydrogens (tertiary/aromatic N) is 1. The van der Waals surface area contributed by atoms with Gasteiger partial charge in [-0.15, -0.1) is 0 Å². The maximum atomic E-state index is 4.16. The molecular formula is C11H21N3. The van der Waals surface area contributed by atoms with Crippen molar-refractivity contribution in [2.75, 3.05) is 5.32 Å². The van der Waals surface area contributed by atoms with Crippen molar-refractivity contribution in [3.8, 4) is 0 Å². The summed E-state index contributed by atoms with van der Waals surface area (Å²) >= 11 is 0. The first-order valence-corrected chi connectivity index (χ1v) is 5.06. The summed E-state index contributed by atoms with van der Waals surface area (Å²) in [6.45, 7) is 11.1. The Bertz CT molecular complexity index is 267. The van der Waals surface area contributed by atoms with Crippen LogP contribution < -0.4 is 5.32 Å². The van der Waals surface area contributed by atoms with Crippen molar-refractivity contribution in [3.63, 3.8) is 0 Å². The molecule has 80 valence electrons. The third-order valence-corrected chi connectivity index (χ3v) is 1.93. The van der Waals surface area contributed by atoms with E-state index in [0.29, 0.717) is 5.41 Å². The van der Waals surface area contributed by atoms with E-state index < -0.39 is 0 Å².